The van der Waals surface area contributed by atoms with E-state index in [-0.39, 0.29) is 0 Å². The molecule has 0 aliphatic carbocycles. The van der Waals surface area contributed by atoms with Crippen molar-refractivity contribution < 1.29 is 4.74 Å². The van der Waals surface area contributed by atoms with Crippen LogP contribution in [0.15, 0.2) is 36.4 Å². The van der Waals surface area contributed by atoms with Gasteiger partial charge in [-0.05, 0) is 35.0 Å². The van der Waals surface area contributed by atoms with Crippen molar-refractivity contribution in [2.75, 3.05) is 13.7 Å². The second-order valence-electron chi connectivity index (χ2n) is 3.72. The number of nitrogens with two attached hydrogens (primary N) is 1. The third kappa shape index (κ3) is 2.60. The van der Waals surface area contributed by atoms with Crippen molar-refractivity contribution >= 4 is 28.4 Å². The Labute approximate surface area is 106 Å². The van der Waals surface area contributed by atoms with Gasteiger partial charge < -0.3 is 10.5 Å². The fraction of sp³-hybridized carbons (Fsp3) is 0.143. The van der Waals surface area contributed by atoms with E-state index in [1.54, 1.807) is 7.11 Å². The molecule has 2 nitrogen and oxygen atoms in total. The van der Waals surface area contributed by atoms with Crippen LogP contribution in [0.4, 0.5) is 0 Å². The highest BCUT2D eigenvalue weighted by atomic mass is 35.5. The van der Waals surface area contributed by atoms with Crippen LogP contribution in [0.3, 0.4) is 0 Å². The van der Waals surface area contributed by atoms with Crippen LogP contribution >= 0.6 is 11.6 Å². The normalized spacial score (nSPS) is 11.2. The molecule has 0 atom stereocenters. The van der Waals surface area contributed by atoms with Crippen LogP contribution in [-0.2, 0) is 0 Å². The van der Waals surface area contributed by atoms with Gasteiger partial charge in [0.1, 0.15) is 5.75 Å². The van der Waals surface area contributed by atoms with Crippen molar-refractivity contribution in [2.24, 2.45) is 5.73 Å². The zero-order valence-corrected chi connectivity index (χ0v) is 10.4. The summed E-state index contributed by atoms with van der Waals surface area (Å²) in [7, 11) is 1.66. The second-order valence-corrected chi connectivity index (χ2v) is 4.16. The Bertz CT molecular complexity index is 563. The van der Waals surface area contributed by atoms with Gasteiger partial charge in [0, 0.05) is 17.1 Å². The zero-order chi connectivity index (χ0) is 12.3. The number of halogens is 1. The first-order valence-electron chi connectivity index (χ1n) is 5.38. The van der Waals surface area contributed by atoms with Crippen LogP contribution in [0.25, 0.3) is 16.8 Å². The van der Waals surface area contributed by atoms with E-state index in [9.17, 15) is 0 Å². The predicted octanol–water partition coefficient (Wildman–Crippen LogP) is 3.47. The maximum absolute atomic E-state index is 5.98. The molecule has 0 unspecified atom stereocenters. The Hall–Kier alpha value is -1.51. The lowest BCUT2D eigenvalue weighted by Crippen LogP contribution is -1.93. The molecule has 0 aliphatic rings. The molecule has 2 N–H and O–H groups in total. The first kappa shape index (κ1) is 12.0. The van der Waals surface area contributed by atoms with Crippen LogP contribution in [0.5, 0.6) is 5.75 Å². The van der Waals surface area contributed by atoms with E-state index in [4.69, 9.17) is 22.1 Å². The maximum atomic E-state index is 5.98. The molecule has 0 fully saturated rings. The molecule has 0 aromatic heterocycles. The number of methoxy groups -OCH3 is 1. The third-order valence-corrected chi connectivity index (χ3v) is 2.82. The van der Waals surface area contributed by atoms with Crippen LogP contribution in [0, 0.1) is 0 Å². The van der Waals surface area contributed by atoms with Gasteiger partial charge in [0.05, 0.1) is 7.11 Å². The highest BCUT2D eigenvalue weighted by Gasteiger charge is 2.03. The Balaban J connectivity index is 2.61. The van der Waals surface area contributed by atoms with E-state index in [0.717, 1.165) is 27.1 Å². The van der Waals surface area contributed by atoms with Crippen molar-refractivity contribution in [2.45, 2.75) is 0 Å². The quantitative estimate of drug-likeness (QED) is 0.901. The summed E-state index contributed by atoms with van der Waals surface area (Å²) in [5.74, 6) is 0.838. The second kappa shape index (κ2) is 5.21. The molecule has 2 aromatic carbocycles. The van der Waals surface area contributed by atoms with Crippen LogP contribution in [-0.4, -0.2) is 13.7 Å². The van der Waals surface area contributed by atoms with Gasteiger partial charge >= 0.3 is 0 Å². The molecule has 17 heavy (non-hydrogen) atoms. The molecule has 3 heteroatoms. The Kier molecular flexibility index (Phi) is 3.67. The number of ether oxygens (including phenoxy) is 1. The predicted molar refractivity (Wildman–Crippen MR) is 73.6 cm³/mol. The van der Waals surface area contributed by atoms with Gasteiger partial charge in [-0.15, -0.1) is 0 Å². The molecule has 2 aromatic rings. The average molecular weight is 248 g/mol. The smallest absolute Gasteiger partial charge is 0.126 e. The molecule has 0 heterocycles. The summed E-state index contributed by atoms with van der Waals surface area (Å²) in [6, 6.07) is 9.85. The molecule has 0 radical (unpaired) electrons. The first-order valence-corrected chi connectivity index (χ1v) is 5.76. The monoisotopic (exact) mass is 247 g/mol. The average Bonchev–Trinajstić information content (AvgIpc) is 2.35. The van der Waals surface area contributed by atoms with Crippen molar-refractivity contribution in [1.29, 1.82) is 0 Å². The van der Waals surface area contributed by atoms with E-state index >= 15 is 0 Å². The highest BCUT2D eigenvalue weighted by Crippen LogP contribution is 2.28. The number of benzene rings is 2. The van der Waals surface area contributed by atoms with Crippen LogP contribution in [0.2, 0.25) is 5.02 Å². The standard InChI is InChI=1S/C14H14ClNO/c1-17-14-9-10-4-5-13(15)8-12(10)7-11(14)3-2-6-16/h2-5,7-9H,6,16H2,1H3/b3-2+. The Morgan fingerprint density at radius 1 is 1.24 bits per heavy atom. The summed E-state index contributed by atoms with van der Waals surface area (Å²) >= 11 is 5.98. The minimum absolute atomic E-state index is 0.511. The molecule has 0 amide bonds. The van der Waals surface area contributed by atoms with Gasteiger partial charge in [-0.2, -0.15) is 0 Å². The molecule has 88 valence electrons. The van der Waals surface area contributed by atoms with E-state index in [1.807, 2.05) is 42.5 Å². The highest BCUT2D eigenvalue weighted by molar-refractivity contribution is 6.31. The fourth-order valence-corrected chi connectivity index (χ4v) is 1.95. The van der Waals surface area contributed by atoms with Gasteiger partial charge in [0.15, 0.2) is 0 Å². The molecule has 0 spiro atoms. The van der Waals surface area contributed by atoms with Gasteiger partial charge in [-0.3, -0.25) is 0 Å². The summed E-state index contributed by atoms with van der Waals surface area (Å²) < 4.78 is 5.36. The summed E-state index contributed by atoms with van der Waals surface area (Å²) in [6.45, 7) is 0.511. The maximum Gasteiger partial charge on any atom is 0.126 e. The lowest BCUT2D eigenvalue weighted by Gasteiger charge is -2.07. The van der Waals surface area contributed by atoms with Crippen molar-refractivity contribution in [3.8, 4) is 5.75 Å². The molecule has 0 saturated carbocycles. The number of hydrogen-bond acceptors (Lipinski definition) is 2. The van der Waals surface area contributed by atoms with Gasteiger partial charge in [0.2, 0.25) is 0 Å². The fourth-order valence-electron chi connectivity index (χ4n) is 1.77. The topological polar surface area (TPSA) is 35.2 Å². The zero-order valence-electron chi connectivity index (χ0n) is 9.61. The lowest BCUT2D eigenvalue weighted by molar-refractivity contribution is 0.414. The van der Waals surface area contributed by atoms with E-state index in [2.05, 4.69) is 0 Å². The minimum atomic E-state index is 0.511. The summed E-state index contributed by atoms with van der Waals surface area (Å²) in [6.07, 6.45) is 3.85. The summed E-state index contributed by atoms with van der Waals surface area (Å²) in [4.78, 5) is 0. The summed E-state index contributed by atoms with van der Waals surface area (Å²) in [5.41, 5.74) is 6.46. The molecular weight excluding hydrogens is 234 g/mol. The van der Waals surface area contributed by atoms with E-state index in [0.29, 0.717) is 6.54 Å². The minimum Gasteiger partial charge on any atom is -0.496 e. The van der Waals surface area contributed by atoms with E-state index in [1.165, 1.54) is 0 Å². The molecular formula is C14H14ClNO. The molecule has 0 aliphatic heterocycles. The number of rotatable bonds is 3. The SMILES string of the molecule is COc1cc2ccc(Cl)cc2cc1/C=C/CN. The largest absolute Gasteiger partial charge is 0.496 e. The van der Waals surface area contributed by atoms with E-state index < -0.39 is 0 Å². The van der Waals surface area contributed by atoms with Gasteiger partial charge in [-0.1, -0.05) is 29.8 Å². The molecule has 0 saturated heterocycles. The van der Waals surface area contributed by atoms with Crippen molar-refractivity contribution in [1.82, 2.24) is 0 Å². The first-order chi connectivity index (χ1) is 8.24. The summed E-state index contributed by atoms with van der Waals surface area (Å²) in [5, 5.41) is 2.93. The van der Waals surface area contributed by atoms with Gasteiger partial charge in [-0.25, -0.2) is 0 Å². The molecule has 2 rings (SSSR count). The Morgan fingerprint density at radius 3 is 2.76 bits per heavy atom. The van der Waals surface area contributed by atoms with Gasteiger partial charge in [0.25, 0.3) is 0 Å². The number of fused-ring (bicyclic) bond motifs is 1. The van der Waals surface area contributed by atoms with Crippen LogP contribution in [0.1, 0.15) is 5.56 Å². The van der Waals surface area contributed by atoms with Crippen molar-refractivity contribution in [3.05, 3.63) is 47.0 Å². The Morgan fingerprint density at radius 2 is 2.06 bits per heavy atom. The third-order valence-electron chi connectivity index (χ3n) is 2.58. The number of hydrogen-bond donors (Lipinski definition) is 1. The van der Waals surface area contributed by atoms with Crippen LogP contribution < -0.4 is 10.5 Å². The molecule has 0 bridgehead atoms. The van der Waals surface area contributed by atoms with Crippen molar-refractivity contribution in [3.63, 3.8) is 0 Å². The lowest BCUT2D eigenvalue weighted by atomic mass is 10.1.